The van der Waals surface area contributed by atoms with Crippen LogP contribution >= 0.6 is 0 Å². The van der Waals surface area contributed by atoms with Gasteiger partial charge in [-0.05, 0) is 50.8 Å². The molecule has 1 aromatic carbocycles. The number of carbonyl (C=O) groups excluding carboxylic acids is 1. The van der Waals surface area contributed by atoms with Crippen molar-refractivity contribution in [3.63, 3.8) is 0 Å². The maximum atomic E-state index is 12.2. The van der Waals surface area contributed by atoms with E-state index in [1.165, 1.54) is 0 Å². The summed E-state index contributed by atoms with van der Waals surface area (Å²) in [5.74, 6) is -0.0858. The molecular formula is C18H27NO4. The lowest BCUT2D eigenvalue weighted by Crippen LogP contribution is -2.48. The molecule has 1 atom stereocenters. The quantitative estimate of drug-likeness (QED) is 0.770. The zero-order valence-corrected chi connectivity index (χ0v) is 14.6. The van der Waals surface area contributed by atoms with Gasteiger partial charge in [0.05, 0.1) is 0 Å². The van der Waals surface area contributed by atoms with Crippen molar-refractivity contribution in [3.05, 3.63) is 29.8 Å². The smallest absolute Gasteiger partial charge is 0.303 e. The maximum absolute atomic E-state index is 12.2. The third-order valence-electron chi connectivity index (χ3n) is 3.63. The molecule has 0 aromatic heterocycles. The lowest BCUT2D eigenvalue weighted by Gasteiger charge is -2.27. The number of nitrogens with one attached hydrogen (secondary N) is 1. The van der Waals surface area contributed by atoms with Gasteiger partial charge < -0.3 is 15.2 Å². The first kappa shape index (κ1) is 19.0. The van der Waals surface area contributed by atoms with Gasteiger partial charge in [-0.25, -0.2) is 0 Å². The first-order valence-electron chi connectivity index (χ1n) is 7.91. The number of carboxylic acids is 1. The van der Waals surface area contributed by atoms with Crippen LogP contribution in [-0.2, 0) is 9.59 Å². The molecule has 0 fully saturated rings. The minimum atomic E-state index is -0.873. The molecule has 1 unspecified atom stereocenters. The third kappa shape index (κ3) is 6.72. The predicted octanol–water partition coefficient (Wildman–Crippen LogP) is 3.34. The Morgan fingerprint density at radius 1 is 1.26 bits per heavy atom. The van der Waals surface area contributed by atoms with Crippen molar-refractivity contribution in [2.45, 2.75) is 65.0 Å². The number of amides is 1. The van der Waals surface area contributed by atoms with Crippen LogP contribution in [0.4, 0.5) is 0 Å². The molecule has 23 heavy (non-hydrogen) atoms. The molecule has 128 valence electrons. The highest BCUT2D eigenvalue weighted by molar-refractivity contribution is 5.81. The lowest BCUT2D eigenvalue weighted by molar-refractivity contribution is -0.138. The van der Waals surface area contributed by atoms with Gasteiger partial charge in [0.25, 0.3) is 5.91 Å². The zero-order chi connectivity index (χ0) is 17.6. The first-order valence-corrected chi connectivity index (χ1v) is 7.91. The van der Waals surface area contributed by atoms with Crippen molar-refractivity contribution in [3.8, 4) is 5.75 Å². The lowest BCUT2D eigenvalue weighted by atomic mass is 9.98. The Bertz CT molecular complexity index is 552. The van der Waals surface area contributed by atoms with Crippen molar-refractivity contribution < 1.29 is 19.4 Å². The van der Waals surface area contributed by atoms with E-state index in [0.717, 1.165) is 5.56 Å². The van der Waals surface area contributed by atoms with Crippen LogP contribution in [0.1, 0.15) is 58.9 Å². The van der Waals surface area contributed by atoms with Gasteiger partial charge in [-0.15, -0.1) is 0 Å². The Morgan fingerprint density at radius 3 is 2.48 bits per heavy atom. The zero-order valence-electron chi connectivity index (χ0n) is 14.6. The van der Waals surface area contributed by atoms with Gasteiger partial charge in [0, 0.05) is 12.0 Å². The summed E-state index contributed by atoms with van der Waals surface area (Å²) in [6.07, 6.45) is -0.274. The monoisotopic (exact) mass is 321 g/mol. The molecule has 0 saturated heterocycles. The second kappa shape index (κ2) is 7.99. The van der Waals surface area contributed by atoms with Gasteiger partial charge in [0.2, 0.25) is 0 Å². The van der Waals surface area contributed by atoms with Crippen LogP contribution in [0.15, 0.2) is 24.3 Å². The molecule has 0 radical (unpaired) electrons. The summed E-state index contributed by atoms with van der Waals surface area (Å²) in [5.41, 5.74) is 0.560. The van der Waals surface area contributed by atoms with Crippen molar-refractivity contribution in [1.29, 1.82) is 0 Å². The summed E-state index contributed by atoms with van der Waals surface area (Å²) in [6.45, 7) is 9.49. The van der Waals surface area contributed by atoms with E-state index in [0.29, 0.717) is 18.1 Å². The van der Waals surface area contributed by atoms with Crippen molar-refractivity contribution in [2.75, 3.05) is 0 Å². The molecule has 5 nitrogen and oxygen atoms in total. The Kier molecular flexibility index (Phi) is 6.61. The van der Waals surface area contributed by atoms with E-state index in [9.17, 15) is 9.59 Å². The normalized spacial score (nSPS) is 12.8. The Balaban J connectivity index is 2.63. The van der Waals surface area contributed by atoms with Crippen LogP contribution in [-0.4, -0.2) is 28.6 Å². The second-order valence-corrected chi connectivity index (χ2v) is 6.75. The molecule has 2 N–H and O–H groups in total. The van der Waals surface area contributed by atoms with Crippen LogP contribution in [0.2, 0.25) is 0 Å². The second-order valence-electron chi connectivity index (χ2n) is 6.75. The van der Waals surface area contributed by atoms with Crippen molar-refractivity contribution in [2.24, 2.45) is 0 Å². The van der Waals surface area contributed by atoms with Crippen LogP contribution in [0.25, 0.3) is 0 Å². The number of benzene rings is 1. The fourth-order valence-electron chi connectivity index (χ4n) is 2.12. The highest BCUT2D eigenvalue weighted by atomic mass is 16.5. The highest BCUT2D eigenvalue weighted by Gasteiger charge is 2.25. The molecule has 0 aliphatic rings. The minimum absolute atomic E-state index is 0.0128. The molecule has 0 bridgehead atoms. The Labute approximate surface area is 138 Å². The highest BCUT2D eigenvalue weighted by Crippen LogP contribution is 2.21. The molecule has 0 aliphatic carbocycles. The SMILES string of the molecule is CC(Oc1cccc(C(C)C)c1)C(=O)NC(C)(C)CCC(=O)O. The van der Waals surface area contributed by atoms with Gasteiger partial charge in [-0.1, -0.05) is 26.0 Å². The molecule has 0 heterocycles. The van der Waals surface area contributed by atoms with Crippen LogP contribution in [0.3, 0.4) is 0 Å². The van der Waals surface area contributed by atoms with Crippen LogP contribution < -0.4 is 10.1 Å². The number of rotatable bonds is 8. The summed E-state index contributed by atoms with van der Waals surface area (Å²) in [4.78, 5) is 22.9. The third-order valence-corrected chi connectivity index (χ3v) is 3.63. The van der Waals surface area contributed by atoms with Gasteiger partial charge in [0.1, 0.15) is 5.75 Å². The molecular weight excluding hydrogens is 294 g/mol. The fourth-order valence-corrected chi connectivity index (χ4v) is 2.12. The fraction of sp³-hybridized carbons (Fsp3) is 0.556. The molecule has 5 heteroatoms. The van der Waals surface area contributed by atoms with E-state index >= 15 is 0 Å². The van der Waals surface area contributed by atoms with Crippen molar-refractivity contribution in [1.82, 2.24) is 5.32 Å². The largest absolute Gasteiger partial charge is 0.481 e. The average Bonchev–Trinajstić information content (AvgIpc) is 2.45. The van der Waals surface area contributed by atoms with Gasteiger partial charge in [-0.3, -0.25) is 9.59 Å². The molecule has 1 amide bonds. The summed E-state index contributed by atoms with van der Waals surface area (Å²) in [7, 11) is 0. The number of hydrogen-bond donors (Lipinski definition) is 2. The van der Waals surface area contributed by atoms with E-state index in [1.54, 1.807) is 20.8 Å². The van der Waals surface area contributed by atoms with Gasteiger partial charge >= 0.3 is 5.97 Å². The Morgan fingerprint density at radius 2 is 1.91 bits per heavy atom. The molecule has 0 spiro atoms. The van der Waals surface area contributed by atoms with Crippen LogP contribution in [0.5, 0.6) is 5.75 Å². The predicted molar refractivity (Wildman–Crippen MR) is 89.7 cm³/mol. The maximum Gasteiger partial charge on any atom is 0.303 e. The summed E-state index contributed by atoms with van der Waals surface area (Å²) < 4.78 is 5.71. The molecule has 0 aliphatic heterocycles. The number of hydrogen-bond acceptors (Lipinski definition) is 3. The minimum Gasteiger partial charge on any atom is -0.481 e. The number of aliphatic carboxylic acids is 1. The molecule has 1 aromatic rings. The summed E-state index contributed by atoms with van der Waals surface area (Å²) in [6, 6.07) is 7.69. The summed E-state index contributed by atoms with van der Waals surface area (Å²) >= 11 is 0. The standard InChI is InChI=1S/C18H27NO4/c1-12(2)14-7-6-8-15(11-14)23-13(3)17(22)19-18(4,5)10-9-16(20)21/h6-8,11-13H,9-10H2,1-5H3,(H,19,22)(H,20,21). The average molecular weight is 321 g/mol. The van der Waals surface area contributed by atoms with E-state index < -0.39 is 17.6 Å². The Hall–Kier alpha value is -2.04. The first-order chi connectivity index (χ1) is 10.6. The van der Waals surface area contributed by atoms with Crippen LogP contribution in [0, 0.1) is 0 Å². The topological polar surface area (TPSA) is 75.6 Å². The van der Waals surface area contributed by atoms with E-state index in [1.807, 2.05) is 24.3 Å². The van der Waals surface area contributed by atoms with Crippen molar-refractivity contribution >= 4 is 11.9 Å². The van der Waals surface area contributed by atoms with Gasteiger partial charge in [-0.2, -0.15) is 0 Å². The molecule has 1 rings (SSSR count). The van der Waals surface area contributed by atoms with E-state index in [-0.39, 0.29) is 12.3 Å². The number of ether oxygens (including phenoxy) is 1. The summed E-state index contributed by atoms with van der Waals surface area (Å²) in [5, 5.41) is 11.6. The number of carbonyl (C=O) groups is 2. The van der Waals surface area contributed by atoms with Gasteiger partial charge in [0.15, 0.2) is 6.10 Å². The van der Waals surface area contributed by atoms with E-state index in [4.69, 9.17) is 9.84 Å². The number of carboxylic acid groups (broad SMARTS) is 1. The van der Waals surface area contributed by atoms with E-state index in [2.05, 4.69) is 19.2 Å². The molecule has 0 saturated carbocycles.